The second-order valence-corrected chi connectivity index (χ2v) is 5.54. The molecule has 1 unspecified atom stereocenters. The minimum atomic E-state index is -0.503. The van der Waals surface area contributed by atoms with Gasteiger partial charge in [-0.05, 0) is 25.3 Å². The van der Waals surface area contributed by atoms with Crippen molar-refractivity contribution in [2.45, 2.75) is 44.4 Å². The minimum Gasteiger partial charge on any atom is -0.466 e. The Labute approximate surface area is 136 Å². The summed E-state index contributed by atoms with van der Waals surface area (Å²) < 4.78 is 10.6. The fourth-order valence-electron chi connectivity index (χ4n) is 2.66. The molecule has 0 aliphatic carbocycles. The molecule has 1 amide bonds. The van der Waals surface area contributed by atoms with Gasteiger partial charge in [-0.3, -0.25) is 9.59 Å². The van der Waals surface area contributed by atoms with Crippen LogP contribution in [0.3, 0.4) is 0 Å². The van der Waals surface area contributed by atoms with Gasteiger partial charge in [0.1, 0.15) is 6.10 Å². The van der Waals surface area contributed by atoms with E-state index in [1.165, 1.54) is 0 Å². The van der Waals surface area contributed by atoms with Crippen LogP contribution in [0.4, 0.5) is 0 Å². The minimum absolute atomic E-state index is 0.0639. The molecule has 23 heavy (non-hydrogen) atoms. The molecule has 1 heterocycles. The van der Waals surface area contributed by atoms with Gasteiger partial charge in [0, 0.05) is 6.54 Å². The van der Waals surface area contributed by atoms with Crippen molar-refractivity contribution in [1.29, 1.82) is 0 Å². The molecule has 1 fully saturated rings. The summed E-state index contributed by atoms with van der Waals surface area (Å²) in [6.07, 6.45) is 0.955. The molecule has 1 aliphatic heterocycles. The quantitative estimate of drug-likeness (QED) is 0.739. The molecule has 2 rings (SSSR count). The molecule has 126 valence electrons. The molecule has 0 radical (unpaired) electrons. The Kier molecular flexibility index (Phi) is 6.55. The highest BCUT2D eigenvalue weighted by Crippen LogP contribution is 2.22. The second-order valence-electron chi connectivity index (χ2n) is 5.54. The molecule has 1 aromatic rings. The molecule has 1 aliphatic rings. The van der Waals surface area contributed by atoms with E-state index in [2.05, 4.69) is 5.32 Å². The maximum atomic E-state index is 12.4. The summed E-state index contributed by atoms with van der Waals surface area (Å²) in [6, 6.07) is 8.96. The Morgan fingerprint density at radius 3 is 2.70 bits per heavy atom. The Morgan fingerprint density at radius 2 is 2.09 bits per heavy atom. The van der Waals surface area contributed by atoms with E-state index in [4.69, 9.17) is 15.2 Å². The predicted molar refractivity (Wildman–Crippen MR) is 85.5 cm³/mol. The van der Waals surface area contributed by atoms with Crippen molar-refractivity contribution >= 4 is 11.9 Å². The number of rotatable bonds is 7. The number of amides is 1. The third-order valence-corrected chi connectivity index (χ3v) is 3.86. The molecule has 6 nitrogen and oxygen atoms in total. The summed E-state index contributed by atoms with van der Waals surface area (Å²) in [6.45, 7) is 2.49. The van der Waals surface area contributed by atoms with E-state index in [0.29, 0.717) is 19.6 Å². The molecule has 0 spiro atoms. The van der Waals surface area contributed by atoms with E-state index in [-0.39, 0.29) is 24.4 Å². The maximum Gasteiger partial charge on any atom is 0.308 e. The average molecular weight is 320 g/mol. The number of hydrogen-bond acceptors (Lipinski definition) is 5. The largest absolute Gasteiger partial charge is 0.466 e. The summed E-state index contributed by atoms with van der Waals surface area (Å²) in [5.74, 6) is -0.548. The zero-order chi connectivity index (χ0) is 16.7. The van der Waals surface area contributed by atoms with Gasteiger partial charge >= 0.3 is 5.97 Å². The fourth-order valence-corrected chi connectivity index (χ4v) is 2.66. The van der Waals surface area contributed by atoms with E-state index in [1.807, 2.05) is 30.3 Å². The van der Waals surface area contributed by atoms with Crippen LogP contribution in [0.5, 0.6) is 0 Å². The molecule has 0 bridgehead atoms. The third kappa shape index (κ3) is 5.04. The number of esters is 1. The van der Waals surface area contributed by atoms with Crippen LogP contribution in [0.15, 0.2) is 30.3 Å². The van der Waals surface area contributed by atoms with Crippen LogP contribution in [-0.4, -0.2) is 37.2 Å². The smallest absolute Gasteiger partial charge is 0.308 e. The Hall–Kier alpha value is -1.92. The van der Waals surface area contributed by atoms with E-state index in [9.17, 15) is 9.59 Å². The molecule has 0 saturated carbocycles. The summed E-state index contributed by atoms with van der Waals surface area (Å²) in [4.78, 5) is 24.2. The number of ether oxygens (including phenoxy) is 2. The highest BCUT2D eigenvalue weighted by atomic mass is 16.5. The SMILES string of the molecule is CCOC(=O)CC(NC(=O)[C@@H]1CC[C@H](CN)O1)c1ccccc1. The lowest BCUT2D eigenvalue weighted by molar-refractivity contribution is -0.144. The van der Waals surface area contributed by atoms with Gasteiger partial charge in [-0.1, -0.05) is 30.3 Å². The van der Waals surface area contributed by atoms with E-state index in [0.717, 1.165) is 12.0 Å². The second kappa shape index (κ2) is 8.64. The molecule has 1 saturated heterocycles. The maximum absolute atomic E-state index is 12.4. The lowest BCUT2D eigenvalue weighted by atomic mass is 10.0. The fraction of sp³-hybridized carbons (Fsp3) is 0.529. The van der Waals surface area contributed by atoms with E-state index in [1.54, 1.807) is 6.92 Å². The molecule has 3 N–H and O–H groups in total. The number of nitrogens with two attached hydrogens (primary N) is 1. The van der Waals surface area contributed by atoms with Gasteiger partial charge in [0.2, 0.25) is 5.91 Å². The van der Waals surface area contributed by atoms with Gasteiger partial charge in [-0.15, -0.1) is 0 Å². The summed E-state index contributed by atoms with van der Waals surface area (Å²) in [5.41, 5.74) is 6.43. The molecule has 1 aromatic carbocycles. The summed E-state index contributed by atoms with van der Waals surface area (Å²) in [7, 11) is 0. The lowest BCUT2D eigenvalue weighted by Crippen LogP contribution is -2.38. The predicted octanol–water partition coefficient (Wildman–Crippen LogP) is 1.30. The topological polar surface area (TPSA) is 90.7 Å². The van der Waals surface area contributed by atoms with E-state index < -0.39 is 12.1 Å². The molecular weight excluding hydrogens is 296 g/mol. The summed E-state index contributed by atoms with van der Waals surface area (Å²) in [5, 5.41) is 2.90. The lowest BCUT2D eigenvalue weighted by Gasteiger charge is -2.21. The number of carbonyl (C=O) groups is 2. The zero-order valence-corrected chi connectivity index (χ0v) is 13.4. The van der Waals surface area contributed by atoms with E-state index >= 15 is 0 Å². The van der Waals surface area contributed by atoms with Crippen LogP contribution in [0.2, 0.25) is 0 Å². The van der Waals surface area contributed by atoms with Crippen LogP contribution in [-0.2, 0) is 19.1 Å². The zero-order valence-electron chi connectivity index (χ0n) is 13.4. The molecular formula is C17H24N2O4. The molecule has 0 aromatic heterocycles. The van der Waals surface area contributed by atoms with Crippen LogP contribution >= 0.6 is 0 Å². The van der Waals surface area contributed by atoms with Gasteiger partial charge in [0.25, 0.3) is 0 Å². The third-order valence-electron chi connectivity index (χ3n) is 3.86. The van der Waals surface area contributed by atoms with Gasteiger partial charge in [-0.25, -0.2) is 0 Å². The monoisotopic (exact) mass is 320 g/mol. The van der Waals surface area contributed by atoms with Crippen LogP contribution in [0.25, 0.3) is 0 Å². The van der Waals surface area contributed by atoms with Crippen molar-refractivity contribution in [3.63, 3.8) is 0 Å². The highest BCUT2D eigenvalue weighted by Gasteiger charge is 2.31. The Bertz CT molecular complexity index is 521. The van der Waals surface area contributed by atoms with Crippen molar-refractivity contribution in [1.82, 2.24) is 5.32 Å². The Balaban J connectivity index is 2.02. The molecule has 3 atom stereocenters. The Morgan fingerprint density at radius 1 is 1.35 bits per heavy atom. The summed E-state index contributed by atoms with van der Waals surface area (Å²) >= 11 is 0. The van der Waals surface area contributed by atoms with Gasteiger partial charge in [0.15, 0.2) is 0 Å². The van der Waals surface area contributed by atoms with Crippen molar-refractivity contribution < 1.29 is 19.1 Å². The highest BCUT2D eigenvalue weighted by molar-refractivity contribution is 5.82. The molecule has 6 heteroatoms. The average Bonchev–Trinajstić information content (AvgIpc) is 3.04. The number of benzene rings is 1. The van der Waals surface area contributed by atoms with Gasteiger partial charge in [-0.2, -0.15) is 0 Å². The van der Waals surface area contributed by atoms with Crippen LogP contribution < -0.4 is 11.1 Å². The first-order valence-electron chi connectivity index (χ1n) is 8.00. The van der Waals surface area contributed by atoms with Crippen LogP contribution in [0.1, 0.15) is 37.8 Å². The first-order chi connectivity index (χ1) is 11.1. The van der Waals surface area contributed by atoms with Crippen molar-refractivity contribution in [3.8, 4) is 0 Å². The first kappa shape index (κ1) is 17.4. The van der Waals surface area contributed by atoms with Crippen LogP contribution in [0, 0.1) is 0 Å². The number of hydrogen-bond donors (Lipinski definition) is 2. The van der Waals surface area contributed by atoms with Crippen molar-refractivity contribution in [2.24, 2.45) is 5.73 Å². The standard InChI is InChI=1S/C17H24N2O4/c1-2-22-16(20)10-14(12-6-4-3-5-7-12)19-17(21)15-9-8-13(11-18)23-15/h3-7,13-15H,2,8-11,18H2,1H3,(H,19,21)/t13-,14?,15+/m1/s1. The van der Waals surface area contributed by atoms with Gasteiger partial charge in [0.05, 0.1) is 25.2 Å². The van der Waals surface area contributed by atoms with Crippen molar-refractivity contribution in [2.75, 3.05) is 13.2 Å². The number of nitrogens with one attached hydrogen (secondary N) is 1. The first-order valence-corrected chi connectivity index (χ1v) is 8.00. The number of carbonyl (C=O) groups excluding carboxylic acids is 2. The van der Waals surface area contributed by atoms with Crippen molar-refractivity contribution in [3.05, 3.63) is 35.9 Å². The normalized spacial score (nSPS) is 21.7. The van der Waals surface area contributed by atoms with Gasteiger partial charge < -0.3 is 20.5 Å².